The lowest BCUT2D eigenvalue weighted by Gasteiger charge is -1.98. The summed E-state index contributed by atoms with van der Waals surface area (Å²) in [5.41, 5.74) is 4.53. The van der Waals surface area contributed by atoms with Crippen LogP contribution in [0.1, 0.15) is 0 Å². The predicted octanol–water partition coefficient (Wildman–Crippen LogP) is -1.24. The highest BCUT2D eigenvalue weighted by atomic mass is 32.2. The van der Waals surface area contributed by atoms with Gasteiger partial charge in [-0.3, -0.25) is 0 Å². The van der Waals surface area contributed by atoms with E-state index in [1.807, 2.05) is 0 Å². The number of H-pyrrole nitrogens is 1. The van der Waals surface area contributed by atoms with Crippen molar-refractivity contribution in [3.63, 3.8) is 0 Å². The molecule has 7 heteroatoms. The first-order valence-electron chi connectivity index (χ1n) is 2.96. The molecule has 0 aliphatic rings. The minimum atomic E-state index is -3.41. The lowest BCUT2D eigenvalue weighted by atomic mass is 10.6. The van der Waals surface area contributed by atoms with Crippen molar-refractivity contribution in [2.45, 2.75) is 4.90 Å². The molecule has 0 aliphatic heterocycles. The molecule has 1 aromatic rings. The van der Waals surface area contributed by atoms with E-state index in [9.17, 15) is 13.2 Å². The van der Waals surface area contributed by atoms with E-state index in [2.05, 4.69) is 9.97 Å². The molecule has 66 valence electrons. The van der Waals surface area contributed by atoms with Crippen LogP contribution in [0.15, 0.2) is 15.9 Å². The summed E-state index contributed by atoms with van der Waals surface area (Å²) in [7, 11) is -3.41. The second-order valence-electron chi connectivity index (χ2n) is 2.23. The topological polar surface area (TPSA) is 106 Å². The van der Waals surface area contributed by atoms with Crippen molar-refractivity contribution in [1.82, 2.24) is 9.97 Å². The molecule has 0 unspecified atom stereocenters. The number of aromatic nitrogens is 2. The zero-order valence-corrected chi connectivity index (χ0v) is 7.05. The van der Waals surface area contributed by atoms with Gasteiger partial charge in [0, 0.05) is 12.5 Å². The van der Waals surface area contributed by atoms with Gasteiger partial charge in [0.1, 0.15) is 10.7 Å². The van der Waals surface area contributed by atoms with Gasteiger partial charge in [0.05, 0.1) is 0 Å². The van der Waals surface area contributed by atoms with Crippen molar-refractivity contribution in [1.29, 1.82) is 0 Å². The maximum Gasteiger partial charge on any atom is 0.346 e. The number of aromatic amines is 1. The summed E-state index contributed by atoms with van der Waals surface area (Å²) in [5, 5.41) is 0. The van der Waals surface area contributed by atoms with Crippen LogP contribution in [0.25, 0.3) is 0 Å². The maximum absolute atomic E-state index is 10.9. The van der Waals surface area contributed by atoms with Crippen molar-refractivity contribution >= 4 is 15.7 Å². The molecule has 3 N–H and O–H groups in total. The van der Waals surface area contributed by atoms with E-state index in [4.69, 9.17) is 5.73 Å². The van der Waals surface area contributed by atoms with E-state index in [1.54, 1.807) is 0 Å². The number of nitrogen functional groups attached to an aromatic ring is 1. The zero-order chi connectivity index (χ0) is 9.35. The number of sulfone groups is 1. The summed E-state index contributed by atoms with van der Waals surface area (Å²) in [6.45, 7) is 0. The van der Waals surface area contributed by atoms with E-state index >= 15 is 0 Å². The second-order valence-corrected chi connectivity index (χ2v) is 4.21. The van der Waals surface area contributed by atoms with Crippen LogP contribution in [-0.4, -0.2) is 24.6 Å². The van der Waals surface area contributed by atoms with E-state index in [1.165, 1.54) is 0 Å². The minimum absolute atomic E-state index is 0.165. The zero-order valence-electron chi connectivity index (χ0n) is 6.23. The Labute approximate surface area is 68.4 Å². The number of hydrogen-bond acceptors (Lipinski definition) is 5. The van der Waals surface area contributed by atoms with E-state index in [-0.39, 0.29) is 10.7 Å². The molecule has 0 spiro atoms. The highest BCUT2D eigenvalue weighted by Crippen LogP contribution is 2.10. The molecule has 12 heavy (non-hydrogen) atoms. The summed E-state index contributed by atoms with van der Waals surface area (Å²) in [4.78, 5) is 15.7. The molecule has 0 saturated heterocycles. The van der Waals surface area contributed by atoms with Crippen LogP contribution >= 0.6 is 0 Å². The fraction of sp³-hybridized carbons (Fsp3) is 0.200. The summed E-state index contributed by atoms with van der Waals surface area (Å²) in [6, 6.07) is 0. The number of nitrogens with zero attached hydrogens (tertiary/aromatic N) is 1. The molecule has 1 aromatic heterocycles. The van der Waals surface area contributed by atoms with Gasteiger partial charge in [0.2, 0.25) is 0 Å². The van der Waals surface area contributed by atoms with Crippen LogP contribution in [0.3, 0.4) is 0 Å². The van der Waals surface area contributed by atoms with Crippen LogP contribution in [0.5, 0.6) is 0 Å². The Morgan fingerprint density at radius 2 is 2.17 bits per heavy atom. The van der Waals surface area contributed by atoms with E-state index < -0.39 is 15.5 Å². The molecule has 0 saturated carbocycles. The Bertz CT molecular complexity index is 447. The number of rotatable bonds is 1. The third-order valence-electron chi connectivity index (χ3n) is 1.20. The molecular weight excluding hydrogens is 182 g/mol. The van der Waals surface area contributed by atoms with Crippen molar-refractivity contribution in [3.05, 3.63) is 16.7 Å². The molecular formula is C5H7N3O3S. The third-order valence-corrected chi connectivity index (χ3v) is 2.33. The number of hydrogen-bond donors (Lipinski definition) is 2. The van der Waals surface area contributed by atoms with Gasteiger partial charge in [0.15, 0.2) is 9.84 Å². The summed E-state index contributed by atoms with van der Waals surface area (Å²) < 4.78 is 21.8. The monoisotopic (exact) mass is 189 g/mol. The molecule has 0 atom stereocenters. The van der Waals surface area contributed by atoms with Crippen LogP contribution in [-0.2, 0) is 9.84 Å². The first-order valence-corrected chi connectivity index (χ1v) is 4.85. The van der Waals surface area contributed by atoms with Gasteiger partial charge < -0.3 is 10.7 Å². The van der Waals surface area contributed by atoms with Crippen LogP contribution in [0.4, 0.5) is 5.82 Å². The lowest BCUT2D eigenvalue weighted by molar-refractivity contribution is 0.601. The van der Waals surface area contributed by atoms with Crippen molar-refractivity contribution < 1.29 is 8.42 Å². The van der Waals surface area contributed by atoms with Gasteiger partial charge in [0.25, 0.3) is 0 Å². The van der Waals surface area contributed by atoms with Crippen LogP contribution < -0.4 is 11.4 Å². The van der Waals surface area contributed by atoms with E-state index in [0.29, 0.717) is 0 Å². The standard InChI is InChI=1S/C5H7N3O3S/c1-12(10,11)3-2-7-5(9)8-4(3)6/h2H,1H3,(H3,6,7,8,9). The van der Waals surface area contributed by atoms with Gasteiger partial charge in [-0.05, 0) is 0 Å². The average molecular weight is 189 g/mol. The van der Waals surface area contributed by atoms with Crippen molar-refractivity contribution in [2.24, 2.45) is 0 Å². The fourth-order valence-electron chi connectivity index (χ4n) is 0.695. The van der Waals surface area contributed by atoms with E-state index in [0.717, 1.165) is 12.5 Å². The number of anilines is 1. The smallest absolute Gasteiger partial charge is 0.346 e. The maximum atomic E-state index is 10.9. The second kappa shape index (κ2) is 2.59. The Morgan fingerprint density at radius 3 is 2.58 bits per heavy atom. The first-order chi connectivity index (χ1) is 5.41. The minimum Gasteiger partial charge on any atom is -0.382 e. The first kappa shape index (κ1) is 8.72. The molecule has 1 heterocycles. The molecule has 1 rings (SSSR count). The summed E-state index contributed by atoms with van der Waals surface area (Å²) in [5.74, 6) is -0.277. The SMILES string of the molecule is CS(=O)(=O)c1c[nH]c(=O)nc1N. The van der Waals surface area contributed by atoms with Gasteiger partial charge in [-0.2, -0.15) is 4.98 Å². The largest absolute Gasteiger partial charge is 0.382 e. The van der Waals surface area contributed by atoms with Crippen LogP contribution in [0.2, 0.25) is 0 Å². The Balaban J connectivity index is 3.49. The summed E-state index contributed by atoms with van der Waals surface area (Å²) in [6.07, 6.45) is 2.01. The molecule has 0 aliphatic carbocycles. The van der Waals surface area contributed by atoms with Gasteiger partial charge in [-0.1, -0.05) is 0 Å². The number of nitrogens with two attached hydrogens (primary N) is 1. The normalized spacial score (nSPS) is 11.4. The summed E-state index contributed by atoms with van der Waals surface area (Å²) >= 11 is 0. The molecule has 0 aromatic carbocycles. The third kappa shape index (κ3) is 1.62. The molecule has 6 nitrogen and oxygen atoms in total. The Kier molecular flexibility index (Phi) is 1.89. The van der Waals surface area contributed by atoms with Crippen LogP contribution in [0, 0.1) is 0 Å². The Morgan fingerprint density at radius 1 is 1.58 bits per heavy atom. The van der Waals surface area contributed by atoms with Crippen molar-refractivity contribution in [3.8, 4) is 0 Å². The average Bonchev–Trinajstić information content (AvgIpc) is 1.83. The fourth-order valence-corrected chi connectivity index (χ4v) is 1.39. The predicted molar refractivity (Wildman–Crippen MR) is 42.4 cm³/mol. The Hall–Kier alpha value is -1.37. The van der Waals surface area contributed by atoms with Gasteiger partial charge in [-0.25, -0.2) is 13.2 Å². The highest BCUT2D eigenvalue weighted by molar-refractivity contribution is 7.90. The molecule has 0 amide bonds. The molecule has 0 radical (unpaired) electrons. The molecule has 0 fully saturated rings. The van der Waals surface area contributed by atoms with Crippen molar-refractivity contribution in [2.75, 3.05) is 12.0 Å². The number of nitrogens with one attached hydrogen (secondary N) is 1. The van der Waals surface area contributed by atoms with Gasteiger partial charge in [-0.15, -0.1) is 0 Å². The highest BCUT2D eigenvalue weighted by Gasteiger charge is 2.12. The molecule has 0 bridgehead atoms. The van der Waals surface area contributed by atoms with Gasteiger partial charge >= 0.3 is 5.69 Å². The quantitative estimate of drug-likeness (QED) is 0.574. The lowest BCUT2D eigenvalue weighted by Crippen LogP contribution is -2.15.